The van der Waals surface area contributed by atoms with Crippen LogP contribution in [0.2, 0.25) is 0 Å². The third kappa shape index (κ3) is 9.77. The summed E-state index contributed by atoms with van der Waals surface area (Å²) < 4.78 is 47.4. The van der Waals surface area contributed by atoms with E-state index in [2.05, 4.69) is 10.6 Å². The molecule has 0 radical (unpaired) electrons. The van der Waals surface area contributed by atoms with Gasteiger partial charge in [-0.3, -0.25) is 14.4 Å². The Bertz CT molecular complexity index is 1740. The molecule has 12 nitrogen and oxygen atoms in total. The van der Waals surface area contributed by atoms with Crippen LogP contribution < -0.4 is 21.1 Å². The van der Waals surface area contributed by atoms with Crippen molar-refractivity contribution in [1.29, 1.82) is 0 Å². The second-order valence-electron chi connectivity index (χ2n) is 12.3. The molecule has 1 heterocycles. The number of nitrogens with zero attached hydrogens (tertiary/aromatic N) is 2. The molecule has 5 N–H and O–H groups in total. The van der Waals surface area contributed by atoms with Crippen molar-refractivity contribution in [3.63, 3.8) is 0 Å². The Hall–Kier alpha value is -4.53. The molecule has 0 fully saturated rings. The number of hydrogen-bond acceptors (Lipinski definition) is 8. The van der Waals surface area contributed by atoms with E-state index in [1.165, 1.54) is 30.1 Å². The number of ether oxygens (including phenoxy) is 1. The van der Waals surface area contributed by atoms with Crippen LogP contribution in [0.1, 0.15) is 56.3 Å². The number of likely N-dealkylation sites (N-methyl/N-ethyl adjacent to an activating group) is 1. The van der Waals surface area contributed by atoms with Crippen molar-refractivity contribution in [3.05, 3.63) is 78.1 Å². The number of carbonyl (C=O) groups is 3. The second kappa shape index (κ2) is 16.7. The number of nitrogens with one attached hydrogen (secondary N) is 2. The van der Waals surface area contributed by atoms with E-state index in [0.29, 0.717) is 42.7 Å². The number of halogens is 1. The number of hydrogen-bond donors (Lipinski definition) is 4. The van der Waals surface area contributed by atoms with Gasteiger partial charge in [0.1, 0.15) is 17.7 Å². The van der Waals surface area contributed by atoms with E-state index >= 15 is 0 Å². The summed E-state index contributed by atoms with van der Waals surface area (Å²) >= 11 is 0. The van der Waals surface area contributed by atoms with E-state index in [4.69, 9.17) is 10.5 Å². The monoisotopic (exact) mass is 697 g/mol. The molecular weight excluding hydrogens is 653 g/mol. The number of nitrogen functional groups attached to an aromatic ring is 1. The molecule has 0 unspecified atom stereocenters. The van der Waals surface area contributed by atoms with Crippen molar-refractivity contribution in [2.75, 3.05) is 43.1 Å². The highest BCUT2D eigenvalue weighted by atomic mass is 32.2. The number of nitrogens with two attached hydrogens (primary N) is 1. The van der Waals surface area contributed by atoms with Gasteiger partial charge < -0.3 is 31.1 Å². The molecule has 0 spiro atoms. The fourth-order valence-corrected chi connectivity index (χ4v) is 6.63. The molecule has 3 atom stereocenters. The highest BCUT2D eigenvalue weighted by Gasteiger charge is 2.35. The van der Waals surface area contributed by atoms with Crippen LogP contribution in [0.4, 0.5) is 21.5 Å². The molecule has 4 rings (SSSR count). The van der Waals surface area contributed by atoms with Crippen LogP contribution in [0.15, 0.2) is 71.6 Å². The number of amides is 3. The Morgan fingerprint density at radius 3 is 2.35 bits per heavy atom. The van der Waals surface area contributed by atoms with Gasteiger partial charge in [-0.1, -0.05) is 25.5 Å². The lowest BCUT2D eigenvalue weighted by Crippen LogP contribution is -2.50. The fourth-order valence-electron chi connectivity index (χ4n) is 5.45. The number of carbonyl (C=O) groups excluding carboxylic acids is 3. The van der Waals surface area contributed by atoms with Gasteiger partial charge in [-0.25, -0.2) is 12.8 Å². The van der Waals surface area contributed by atoms with Crippen LogP contribution in [-0.2, 0) is 19.6 Å². The van der Waals surface area contributed by atoms with Gasteiger partial charge in [0.05, 0.1) is 41.0 Å². The van der Waals surface area contributed by atoms with E-state index in [1.54, 1.807) is 43.3 Å². The third-order valence-corrected chi connectivity index (χ3v) is 10.3. The SMILES string of the molecule is C[C@@H]1CN([C@@H](C)CO)C(=O)c2cc(NC(=O)CCCCCC(=O)Nc3ccccc3N)ccc2O[C@H]1CN(C)S(=O)(=O)c1ccc(F)cc1. The van der Waals surface area contributed by atoms with Gasteiger partial charge in [-0.15, -0.1) is 0 Å². The van der Waals surface area contributed by atoms with Crippen LogP contribution in [0.3, 0.4) is 0 Å². The van der Waals surface area contributed by atoms with E-state index in [-0.39, 0.29) is 60.1 Å². The standard InChI is InChI=1S/C35H44FN5O7S/c1-23-20-41(24(2)22-42)35(45)28-19-26(38-33(43)11-5-4-6-12-34(44)39-30-10-8-7-9-29(30)37)15-18-31(28)48-32(23)21-40(3)49(46,47)27-16-13-25(36)14-17-27/h7-10,13-19,23-24,32,42H,4-6,11-12,20-22,37H2,1-3H3,(H,38,43)(H,39,44)/t23-,24+,32+/m1/s1. The topological polar surface area (TPSA) is 171 Å². The number of anilines is 3. The van der Waals surface area contributed by atoms with Crippen LogP contribution >= 0.6 is 0 Å². The molecule has 0 saturated carbocycles. The Balaban J connectivity index is 1.40. The van der Waals surface area contributed by atoms with Crippen molar-refractivity contribution in [3.8, 4) is 5.75 Å². The average Bonchev–Trinajstić information content (AvgIpc) is 3.07. The van der Waals surface area contributed by atoms with Crippen molar-refractivity contribution < 1.29 is 37.0 Å². The number of fused-ring (bicyclic) bond motifs is 1. The third-order valence-electron chi connectivity index (χ3n) is 8.45. The van der Waals surface area contributed by atoms with Crippen LogP contribution in [0.5, 0.6) is 5.75 Å². The first-order valence-electron chi connectivity index (χ1n) is 16.2. The maximum absolute atomic E-state index is 13.8. The molecule has 0 aliphatic carbocycles. The lowest BCUT2D eigenvalue weighted by Gasteiger charge is -2.38. The number of para-hydroxylation sites is 2. The number of aliphatic hydroxyl groups excluding tert-OH is 1. The Labute approximate surface area is 286 Å². The predicted octanol–water partition coefficient (Wildman–Crippen LogP) is 4.48. The molecule has 264 valence electrons. The Morgan fingerprint density at radius 1 is 1.04 bits per heavy atom. The number of rotatable bonds is 14. The second-order valence-corrected chi connectivity index (χ2v) is 14.4. The lowest BCUT2D eigenvalue weighted by atomic mass is 9.99. The zero-order valence-electron chi connectivity index (χ0n) is 27.9. The molecule has 3 aromatic carbocycles. The van der Waals surface area contributed by atoms with Gasteiger partial charge >= 0.3 is 0 Å². The molecule has 1 aliphatic rings. The first-order chi connectivity index (χ1) is 23.3. The minimum Gasteiger partial charge on any atom is -0.488 e. The molecular formula is C35H44FN5O7S. The van der Waals surface area contributed by atoms with Gasteiger partial charge in [-0.2, -0.15) is 4.31 Å². The van der Waals surface area contributed by atoms with E-state index in [1.807, 2.05) is 6.92 Å². The Morgan fingerprint density at radius 2 is 1.69 bits per heavy atom. The quantitative estimate of drug-likeness (QED) is 0.141. The highest BCUT2D eigenvalue weighted by molar-refractivity contribution is 7.89. The maximum Gasteiger partial charge on any atom is 0.258 e. The summed E-state index contributed by atoms with van der Waals surface area (Å²) in [6.45, 7) is 3.34. The molecule has 14 heteroatoms. The maximum atomic E-state index is 13.8. The summed E-state index contributed by atoms with van der Waals surface area (Å²) in [5.41, 5.74) is 7.45. The predicted molar refractivity (Wildman–Crippen MR) is 185 cm³/mol. The molecule has 3 amide bonds. The van der Waals surface area contributed by atoms with E-state index in [9.17, 15) is 32.3 Å². The van der Waals surface area contributed by atoms with Gasteiger partial charge in [0.2, 0.25) is 21.8 Å². The highest BCUT2D eigenvalue weighted by Crippen LogP contribution is 2.31. The minimum absolute atomic E-state index is 0.0689. The summed E-state index contributed by atoms with van der Waals surface area (Å²) in [4.78, 5) is 40.2. The first-order valence-corrected chi connectivity index (χ1v) is 17.6. The minimum atomic E-state index is -3.98. The smallest absolute Gasteiger partial charge is 0.258 e. The molecule has 0 aromatic heterocycles. The first kappa shape index (κ1) is 37.3. The zero-order chi connectivity index (χ0) is 35.7. The van der Waals surface area contributed by atoms with Gasteiger partial charge in [0.15, 0.2) is 0 Å². The van der Waals surface area contributed by atoms with E-state index < -0.39 is 33.9 Å². The summed E-state index contributed by atoms with van der Waals surface area (Å²) in [6.07, 6.45) is 1.59. The summed E-state index contributed by atoms with van der Waals surface area (Å²) in [5, 5.41) is 15.5. The number of unbranched alkanes of at least 4 members (excludes halogenated alkanes) is 2. The number of aliphatic hydroxyl groups is 1. The average molecular weight is 698 g/mol. The largest absolute Gasteiger partial charge is 0.488 e. The summed E-state index contributed by atoms with van der Waals surface area (Å²) in [7, 11) is -2.57. The fraction of sp³-hybridized carbons (Fsp3) is 0.400. The van der Waals surface area contributed by atoms with Gasteiger partial charge in [0, 0.05) is 38.0 Å². The molecule has 49 heavy (non-hydrogen) atoms. The van der Waals surface area contributed by atoms with Crippen LogP contribution in [0, 0.1) is 11.7 Å². The normalized spacial score (nSPS) is 17.0. The Kier molecular flexibility index (Phi) is 12.7. The number of benzene rings is 3. The van der Waals surface area contributed by atoms with Gasteiger partial charge in [-0.05, 0) is 74.4 Å². The lowest BCUT2D eigenvalue weighted by molar-refractivity contribution is -0.116. The zero-order valence-corrected chi connectivity index (χ0v) is 28.7. The summed E-state index contributed by atoms with van der Waals surface area (Å²) in [5.74, 6) is -1.52. The molecule has 1 aliphatic heterocycles. The molecule has 0 saturated heterocycles. The van der Waals surface area contributed by atoms with Gasteiger partial charge in [0.25, 0.3) is 5.91 Å². The van der Waals surface area contributed by atoms with Crippen LogP contribution in [0.25, 0.3) is 0 Å². The van der Waals surface area contributed by atoms with Crippen molar-refractivity contribution in [2.45, 2.75) is 63.0 Å². The number of sulfonamides is 1. The van der Waals surface area contributed by atoms with Crippen molar-refractivity contribution in [1.82, 2.24) is 9.21 Å². The molecule has 3 aromatic rings. The summed E-state index contributed by atoms with van der Waals surface area (Å²) in [6, 6.07) is 15.7. The van der Waals surface area contributed by atoms with Crippen molar-refractivity contribution >= 4 is 44.8 Å². The van der Waals surface area contributed by atoms with E-state index in [0.717, 1.165) is 16.4 Å². The van der Waals surface area contributed by atoms with Crippen molar-refractivity contribution in [2.24, 2.45) is 5.92 Å². The molecule has 0 bridgehead atoms. The van der Waals surface area contributed by atoms with Crippen LogP contribution in [-0.4, -0.2) is 79.3 Å².